The number of amides is 5. The van der Waals surface area contributed by atoms with Gasteiger partial charge in [-0.05, 0) is 56.6 Å². The van der Waals surface area contributed by atoms with Crippen molar-refractivity contribution in [1.29, 1.82) is 0 Å². The Morgan fingerprint density at radius 1 is 0.846 bits per heavy atom. The molecule has 0 bridgehead atoms. The van der Waals surface area contributed by atoms with Gasteiger partial charge in [-0.3, -0.25) is 19.3 Å². The van der Waals surface area contributed by atoms with Crippen molar-refractivity contribution in [3.05, 3.63) is 29.8 Å². The third-order valence-corrected chi connectivity index (χ3v) is 9.66. The number of ether oxygens (including phenoxy) is 1. The van der Waals surface area contributed by atoms with E-state index in [-0.39, 0.29) is 30.3 Å². The van der Waals surface area contributed by atoms with Gasteiger partial charge in [-0.15, -0.1) is 0 Å². The molecule has 5 rings (SSSR count). The number of benzene rings is 1. The van der Waals surface area contributed by atoms with Crippen molar-refractivity contribution < 1.29 is 23.9 Å². The lowest BCUT2D eigenvalue weighted by molar-refractivity contribution is -0.149. The number of aryl methyl sites for hydroxylation is 1. The predicted molar refractivity (Wildman–Crippen MR) is 146 cm³/mol. The van der Waals surface area contributed by atoms with Crippen LogP contribution in [0.3, 0.4) is 0 Å². The number of hydrogen-bond acceptors (Lipinski definition) is 5. The number of likely N-dealkylation sites (tertiary alicyclic amines) is 1. The summed E-state index contributed by atoms with van der Waals surface area (Å²) >= 11 is 0. The fourth-order valence-corrected chi connectivity index (χ4v) is 7.09. The maximum Gasteiger partial charge on any atom is 0.327 e. The van der Waals surface area contributed by atoms with Gasteiger partial charge >= 0.3 is 6.03 Å². The second-order valence-corrected chi connectivity index (χ2v) is 11.9. The van der Waals surface area contributed by atoms with E-state index in [1.807, 2.05) is 25.2 Å². The Morgan fingerprint density at radius 3 is 2.28 bits per heavy atom. The Kier molecular flexibility index (Phi) is 7.87. The van der Waals surface area contributed by atoms with Crippen molar-refractivity contribution in [3.8, 4) is 5.75 Å². The second kappa shape index (κ2) is 11.2. The Balaban J connectivity index is 1.22. The summed E-state index contributed by atoms with van der Waals surface area (Å²) in [4.78, 5) is 59.6. The smallest absolute Gasteiger partial charge is 0.327 e. The minimum Gasteiger partial charge on any atom is -0.491 e. The first-order chi connectivity index (χ1) is 18.8. The number of carbonyl (C=O) groups is 4. The van der Waals surface area contributed by atoms with E-state index >= 15 is 0 Å². The van der Waals surface area contributed by atoms with E-state index < -0.39 is 11.0 Å². The third-order valence-electron chi connectivity index (χ3n) is 9.66. The largest absolute Gasteiger partial charge is 0.491 e. The van der Waals surface area contributed by atoms with Crippen LogP contribution < -0.4 is 4.74 Å². The maximum absolute atomic E-state index is 13.7. The zero-order valence-electron chi connectivity index (χ0n) is 23.5. The summed E-state index contributed by atoms with van der Waals surface area (Å²) in [5.74, 6) is 0.581. The zero-order chi connectivity index (χ0) is 27.6. The van der Waals surface area contributed by atoms with Crippen LogP contribution >= 0.6 is 0 Å². The molecule has 9 nitrogen and oxygen atoms in total. The molecule has 212 valence electrons. The van der Waals surface area contributed by atoms with Crippen LogP contribution in [0.25, 0.3) is 0 Å². The first kappa shape index (κ1) is 27.5. The number of imide groups is 1. The summed E-state index contributed by atoms with van der Waals surface area (Å²) in [5, 5.41) is 0. The van der Waals surface area contributed by atoms with Crippen LogP contribution in [0.5, 0.6) is 5.75 Å². The standard InChI is InChI=1S/C30H42N4O5/c1-31-20-21-39-24-12-5-4-10-23(24)11-6-9-13-29(26(31)36)16-18-33(19-17-29)25(35)22-34-27(37)30(32(2)28(34)38)14-7-3-8-15-30/h4-5,10,12H,3,6-9,11,13-22H2,1-2H3. The van der Waals surface area contributed by atoms with Gasteiger partial charge in [0.2, 0.25) is 11.8 Å². The van der Waals surface area contributed by atoms with Gasteiger partial charge in [0, 0.05) is 27.2 Å². The van der Waals surface area contributed by atoms with Gasteiger partial charge in [0.05, 0.1) is 12.0 Å². The molecule has 0 N–H and O–H groups in total. The molecular formula is C30H42N4O5. The van der Waals surface area contributed by atoms with E-state index in [1.54, 1.807) is 21.7 Å². The number of para-hydroxylation sites is 1. The number of piperidine rings is 1. The lowest BCUT2D eigenvalue weighted by Gasteiger charge is -2.43. The molecule has 3 fully saturated rings. The van der Waals surface area contributed by atoms with Crippen LogP contribution in [0.4, 0.5) is 4.79 Å². The van der Waals surface area contributed by atoms with Crippen LogP contribution in [0.1, 0.15) is 69.8 Å². The molecule has 0 unspecified atom stereocenters. The highest BCUT2D eigenvalue weighted by atomic mass is 16.5. The first-order valence-electron chi connectivity index (χ1n) is 14.6. The Morgan fingerprint density at radius 2 is 1.54 bits per heavy atom. The quantitative estimate of drug-likeness (QED) is 0.538. The summed E-state index contributed by atoms with van der Waals surface area (Å²) in [5.41, 5.74) is -0.0833. The molecule has 1 aromatic carbocycles. The van der Waals surface area contributed by atoms with Crippen molar-refractivity contribution in [2.75, 3.05) is 46.9 Å². The molecule has 39 heavy (non-hydrogen) atoms. The minimum atomic E-state index is -0.781. The molecule has 3 aliphatic heterocycles. The highest BCUT2D eigenvalue weighted by molar-refractivity contribution is 6.09. The van der Waals surface area contributed by atoms with E-state index in [2.05, 4.69) is 6.07 Å². The van der Waals surface area contributed by atoms with E-state index in [0.29, 0.717) is 51.9 Å². The van der Waals surface area contributed by atoms with Gasteiger partial charge in [0.1, 0.15) is 24.4 Å². The van der Waals surface area contributed by atoms with Gasteiger partial charge < -0.3 is 19.4 Å². The van der Waals surface area contributed by atoms with Gasteiger partial charge in [-0.2, -0.15) is 0 Å². The van der Waals surface area contributed by atoms with Crippen LogP contribution in [0.15, 0.2) is 24.3 Å². The van der Waals surface area contributed by atoms with Crippen molar-refractivity contribution >= 4 is 23.8 Å². The highest BCUT2D eigenvalue weighted by Gasteiger charge is 2.56. The molecule has 2 spiro atoms. The van der Waals surface area contributed by atoms with Crippen molar-refractivity contribution in [1.82, 2.24) is 19.6 Å². The fourth-order valence-electron chi connectivity index (χ4n) is 7.09. The van der Waals surface area contributed by atoms with Crippen molar-refractivity contribution in [2.24, 2.45) is 5.41 Å². The van der Waals surface area contributed by atoms with E-state index in [4.69, 9.17) is 4.74 Å². The maximum atomic E-state index is 13.7. The van der Waals surface area contributed by atoms with E-state index in [1.165, 1.54) is 5.56 Å². The van der Waals surface area contributed by atoms with E-state index in [0.717, 1.165) is 55.6 Å². The third kappa shape index (κ3) is 5.12. The summed E-state index contributed by atoms with van der Waals surface area (Å²) in [6.45, 7) is 1.63. The number of nitrogens with zero attached hydrogens (tertiary/aromatic N) is 4. The lowest BCUT2D eigenvalue weighted by atomic mass is 9.73. The predicted octanol–water partition coefficient (Wildman–Crippen LogP) is 3.46. The van der Waals surface area contributed by atoms with Crippen LogP contribution in [-0.2, 0) is 20.8 Å². The van der Waals surface area contributed by atoms with Gasteiger partial charge in [-0.1, -0.05) is 43.9 Å². The Hall–Kier alpha value is -3.10. The topological polar surface area (TPSA) is 90.5 Å². The van der Waals surface area contributed by atoms with Gasteiger partial charge in [-0.25, -0.2) is 4.79 Å². The monoisotopic (exact) mass is 538 g/mol. The van der Waals surface area contributed by atoms with Crippen molar-refractivity contribution in [3.63, 3.8) is 0 Å². The lowest BCUT2D eigenvalue weighted by Crippen LogP contribution is -2.53. The SMILES string of the molecule is CN1CCOc2ccccc2CCCCC2(CCN(C(=O)CN3C(=O)N(C)C4(CCCCC4)C3=O)CC2)C1=O. The molecule has 1 aromatic rings. The van der Waals surface area contributed by atoms with Crippen LogP contribution in [0, 0.1) is 5.41 Å². The molecule has 4 aliphatic rings. The molecule has 5 amide bonds. The molecule has 0 atom stereocenters. The molecule has 1 saturated carbocycles. The number of carbonyl (C=O) groups excluding carboxylic acids is 4. The molecule has 0 aromatic heterocycles. The molecule has 2 saturated heterocycles. The number of fused-ring (bicyclic) bond motifs is 1. The summed E-state index contributed by atoms with van der Waals surface area (Å²) in [6, 6.07) is 7.75. The number of hydrogen-bond donors (Lipinski definition) is 0. The Bertz CT molecular complexity index is 1110. The molecule has 0 radical (unpaired) electrons. The number of urea groups is 1. The van der Waals surface area contributed by atoms with Gasteiger partial charge in [0.15, 0.2) is 0 Å². The molecule has 9 heteroatoms. The zero-order valence-corrected chi connectivity index (χ0v) is 23.5. The normalized spacial score (nSPS) is 23.9. The average molecular weight is 539 g/mol. The summed E-state index contributed by atoms with van der Waals surface area (Å²) in [7, 11) is 3.53. The minimum absolute atomic E-state index is 0.123. The number of rotatable bonds is 2. The fraction of sp³-hybridized carbons (Fsp3) is 0.667. The second-order valence-electron chi connectivity index (χ2n) is 11.9. The number of likely N-dealkylation sites (N-methyl/N-ethyl adjacent to an activating group) is 2. The molecule has 1 aliphatic carbocycles. The van der Waals surface area contributed by atoms with E-state index in [9.17, 15) is 19.2 Å². The average Bonchev–Trinajstić information content (AvgIpc) is 3.12. The van der Waals surface area contributed by atoms with Crippen molar-refractivity contribution in [2.45, 2.75) is 76.2 Å². The highest BCUT2D eigenvalue weighted by Crippen LogP contribution is 2.41. The summed E-state index contributed by atoms with van der Waals surface area (Å²) in [6.07, 6.45) is 9.00. The molecule has 3 heterocycles. The molecular weight excluding hydrogens is 496 g/mol. The Labute approximate surface area is 231 Å². The van der Waals surface area contributed by atoms with Crippen LogP contribution in [0.2, 0.25) is 0 Å². The van der Waals surface area contributed by atoms with Gasteiger partial charge in [0.25, 0.3) is 5.91 Å². The first-order valence-corrected chi connectivity index (χ1v) is 14.6. The summed E-state index contributed by atoms with van der Waals surface area (Å²) < 4.78 is 6.02. The van der Waals surface area contributed by atoms with Crippen LogP contribution in [-0.4, -0.2) is 95.8 Å².